The lowest BCUT2D eigenvalue weighted by atomic mass is 10.1. The zero-order valence-electron chi connectivity index (χ0n) is 14.4. The average molecular weight is 438 g/mol. The molecule has 0 saturated heterocycles. The second kappa shape index (κ2) is 8.57. The van der Waals surface area contributed by atoms with Crippen molar-refractivity contribution in [2.45, 2.75) is 22.5 Å². The normalized spacial score (nSPS) is 11.4. The third-order valence-corrected chi connectivity index (χ3v) is 7.03. The van der Waals surface area contributed by atoms with Crippen LogP contribution in [0.3, 0.4) is 0 Å². The maximum absolute atomic E-state index is 12.7. The molecule has 0 aliphatic rings. The second-order valence-corrected chi connectivity index (χ2v) is 9.47. The quantitative estimate of drug-likeness (QED) is 0.454. The summed E-state index contributed by atoms with van der Waals surface area (Å²) < 4.78 is 27.9. The van der Waals surface area contributed by atoms with Crippen molar-refractivity contribution in [3.8, 4) is 0 Å². The van der Waals surface area contributed by atoms with Crippen molar-refractivity contribution in [1.82, 2.24) is 0 Å². The Balaban J connectivity index is 1.76. The minimum Gasteiger partial charge on any atom is -0.279 e. The predicted octanol–water partition coefficient (Wildman–Crippen LogP) is 6.39. The number of nitrogens with one attached hydrogen (secondary N) is 1. The minimum atomic E-state index is -3.83. The second-order valence-electron chi connectivity index (χ2n) is 5.93. The van der Waals surface area contributed by atoms with Crippen molar-refractivity contribution in [2.24, 2.45) is 0 Å². The summed E-state index contributed by atoms with van der Waals surface area (Å²) in [4.78, 5) is 1.15. The van der Waals surface area contributed by atoms with Gasteiger partial charge in [0.15, 0.2) is 0 Å². The van der Waals surface area contributed by atoms with Crippen molar-refractivity contribution in [3.05, 3.63) is 87.9 Å². The van der Waals surface area contributed by atoms with Crippen LogP contribution in [0.1, 0.15) is 11.1 Å². The Labute approximate surface area is 173 Å². The van der Waals surface area contributed by atoms with Crippen LogP contribution in [0, 0.1) is 6.92 Å². The molecule has 140 valence electrons. The van der Waals surface area contributed by atoms with Crippen molar-refractivity contribution < 1.29 is 8.42 Å². The van der Waals surface area contributed by atoms with Gasteiger partial charge in [0.25, 0.3) is 10.0 Å². The lowest BCUT2D eigenvalue weighted by Gasteiger charge is -2.13. The number of hydrogen-bond donors (Lipinski definition) is 1. The number of halogens is 2. The molecule has 0 aromatic heterocycles. The first-order chi connectivity index (χ1) is 12.8. The maximum atomic E-state index is 12.7. The van der Waals surface area contributed by atoms with E-state index in [-0.39, 0.29) is 9.92 Å². The highest BCUT2D eigenvalue weighted by Gasteiger charge is 2.19. The van der Waals surface area contributed by atoms with Gasteiger partial charge < -0.3 is 0 Å². The molecule has 0 aliphatic carbocycles. The largest absolute Gasteiger partial charge is 0.279 e. The van der Waals surface area contributed by atoms with Gasteiger partial charge >= 0.3 is 0 Å². The van der Waals surface area contributed by atoms with Gasteiger partial charge in [-0.3, -0.25) is 4.72 Å². The Bertz CT molecular complexity index is 1050. The number of aryl methyl sites for hydroxylation is 1. The van der Waals surface area contributed by atoms with E-state index in [0.29, 0.717) is 10.7 Å². The molecule has 27 heavy (non-hydrogen) atoms. The van der Waals surface area contributed by atoms with Crippen LogP contribution in [0.15, 0.2) is 76.5 Å². The molecule has 0 spiro atoms. The molecule has 3 aromatic rings. The monoisotopic (exact) mass is 437 g/mol. The number of anilines is 1. The summed E-state index contributed by atoms with van der Waals surface area (Å²) >= 11 is 13.7. The van der Waals surface area contributed by atoms with Crippen LogP contribution < -0.4 is 4.72 Å². The van der Waals surface area contributed by atoms with Gasteiger partial charge in [0.05, 0.1) is 10.7 Å². The van der Waals surface area contributed by atoms with Gasteiger partial charge in [-0.05, 0) is 54.4 Å². The number of sulfonamides is 1. The molecule has 3 rings (SSSR count). The van der Waals surface area contributed by atoms with Gasteiger partial charge in [0.1, 0.15) is 4.90 Å². The van der Waals surface area contributed by atoms with Crippen LogP contribution in [0.4, 0.5) is 5.69 Å². The van der Waals surface area contributed by atoms with Gasteiger partial charge in [-0.1, -0.05) is 53.5 Å². The highest BCUT2D eigenvalue weighted by molar-refractivity contribution is 7.98. The lowest BCUT2D eigenvalue weighted by Crippen LogP contribution is -2.14. The van der Waals surface area contributed by atoms with Crippen LogP contribution in [0.2, 0.25) is 10.0 Å². The SMILES string of the molecule is Cc1cc(CSc2ccccc2)ccc1NS(=O)(=O)c1cc(Cl)ccc1Cl. The van der Waals surface area contributed by atoms with E-state index in [1.165, 1.54) is 17.0 Å². The average Bonchev–Trinajstić information content (AvgIpc) is 2.64. The Morgan fingerprint density at radius 3 is 2.41 bits per heavy atom. The third-order valence-electron chi connectivity index (χ3n) is 3.87. The highest BCUT2D eigenvalue weighted by atomic mass is 35.5. The number of benzene rings is 3. The van der Waals surface area contributed by atoms with E-state index in [0.717, 1.165) is 16.9 Å². The van der Waals surface area contributed by atoms with Crippen LogP contribution in [-0.4, -0.2) is 8.42 Å². The molecule has 0 atom stereocenters. The molecule has 0 saturated carbocycles. The van der Waals surface area contributed by atoms with E-state index in [9.17, 15) is 8.42 Å². The first kappa shape index (κ1) is 20.1. The molecule has 7 heteroatoms. The first-order valence-electron chi connectivity index (χ1n) is 8.10. The molecule has 0 bridgehead atoms. The molecule has 0 aliphatic heterocycles. The van der Waals surface area contributed by atoms with E-state index < -0.39 is 10.0 Å². The fourth-order valence-electron chi connectivity index (χ4n) is 2.50. The fourth-order valence-corrected chi connectivity index (χ4v) is 5.25. The highest BCUT2D eigenvalue weighted by Crippen LogP contribution is 2.29. The van der Waals surface area contributed by atoms with Crippen LogP contribution in [0.25, 0.3) is 0 Å². The van der Waals surface area contributed by atoms with Crippen LogP contribution >= 0.6 is 35.0 Å². The van der Waals surface area contributed by atoms with E-state index >= 15 is 0 Å². The van der Waals surface area contributed by atoms with Gasteiger partial charge in [-0.25, -0.2) is 8.42 Å². The van der Waals surface area contributed by atoms with E-state index in [1.54, 1.807) is 23.9 Å². The Kier molecular flexibility index (Phi) is 6.37. The van der Waals surface area contributed by atoms with E-state index in [4.69, 9.17) is 23.2 Å². The van der Waals surface area contributed by atoms with Gasteiger partial charge in [0, 0.05) is 15.7 Å². The van der Waals surface area contributed by atoms with Crippen LogP contribution in [0.5, 0.6) is 0 Å². The van der Waals surface area contributed by atoms with Crippen LogP contribution in [-0.2, 0) is 15.8 Å². The molecule has 1 N–H and O–H groups in total. The molecule has 0 amide bonds. The Morgan fingerprint density at radius 2 is 1.70 bits per heavy atom. The number of thioether (sulfide) groups is 1. The lowest BCUT2D eigenvalue weighted by molar-refractivity contribution is 0.601. The van der Waals surface area contributed by atoms with Gasteiger partial charge in [-0.15, -0.1) is 11.8 Å². The predicted molar refractivity (Wildman–Crippen MR) is 114 cm³/mol. The molecule has 0 heterocycles. The first-order valence-corrected chi connectivity index (χ1v) is 11.3. The summed E-state index contributed by atoms with van der Waals surface area (Å²) in [6.07, 6.45) is 0. The van der Waals surface area contributed by atoms with Gasteiger partial charge in [0.2, 0.25) is 0 Å². The maximum Gasteiger partial charge on any atom is 0.263 e. The summed E-state index contributed by atoms with van der Waals surface area (Å²) in [5.74, 6) is 0.804. The van der Waals surface area contributed by atoms with Gasteiger partial charge in [-0.2, -0.15) is 0 Å². The van der Waals surface area contributed by atoms with Crippen molar-refractivity contribution in [2.75, 3.05) is 4.72 Å². The third kappa shape index (κ3) is 5.20. The zero-order chi connectivity index (χ0) is 19.4. The zero-order valence-corrected chi connectivity index (χ0v) is 17.6. The fraction of sp³-hybridized carbons (Fsp3) is 0.100. The molecule has 0 radical (unpaired) electrons. The molecule has 3 aromatic carbocycles. The Hall–Kier alpha value is -1.66. The van der Waals surface area contributed by atoms with Crippen molar-refractivity contribution >= 4 is 50.7 Å². The van der Waals surface area contributed by atoms with Crippen molar-refractivity contribution in [1.29, 1.82) is 0 Å². The molecule has 3 nitrogen and oxygen atoms in total. The molecular formula is C20H17Cl2NO2S2. The molecule has 0 fully saturated rings. The van der Waals surface area contributed by atoms with E-state index in [2.05, 4.69) is 16.9 Å². The minimum absolute atomic E-state index is 0.0419. The molecular weight excluding hydrogens is 421 g/mol. The number of hydrogen-bond acceptors (Lipinski definition) is 3. The van der Waals surface area contributed by atoms with Crippen molar-refractivity contribution in [3.63, 3.8) is 0 Å². The summed E-state index contributed by atoms with van der Waals surface area (Å²) in [5.41, 5.74) is 2.47. The smallest absolute Gasteiger partial charge is 0.263 e. The number of rotatable bonds is 6. The summed E-state index contributed by atoms with van der Waals surface area (Å²) in [6.45, 7) is 1.87. The van der Waals surface area contributed by atoms with E-state index in [1.807, 2.05) is 37.3 Å². The summed E-state index contributed by atoms with van der Waals surface area (Å²) in [5, 5.41) is 0.435. The Morgan fingerprint density at radius 1 is 0.963 bits per heavy atom. The standard InChI is InChI=1S/C20H17Cl2NO2S2/c1-14-11-15(13-26-17-5-3-2-4-6-17)7-10-19(14)23-27(24,25)20-12-16(21)8-9-18(20)22/h2-12,23H,13H2,1H3. The topological polar surface area (TPSA) is 46.2 Å². The summed E-state index contributed by atoms with van der Waals surface area (Å²) in [6, 6.07) is 20.2. The molecule has 0 unspecified atom stereocenters. The summed E-state index contributed by atoms with van der Waals surface area (Å²) in [7, 11) is -3.83.